The molecule has 0 atom stereocenters. The number of hydrogen-bond acceptors (Lipinski definition) is 11. The molecule has 0 spiro atoms. The zero-order chi connectivity index (χ0) is 31.8. The Kier molecular flexibility index (Phi) is 28.5. The van der Waals surface area contributed by atoms with E-state index in [2.05, 4.69) is 14.7 Å². The van der Waals surface area contributed by atoms with E-state index in [0.717, 1.165) is 30.4 Å². The summed E-state index contributed by atoms with van der Waals surface area (Å²) in [5, 5.41) is 48.6. The van der Waals surface area contributed by atoms with E-state index in [1.165, 1.54) is 12.2 Å². The Morgan fingerprint density at radius 3 is 1.21 bits per heavy atom. The van der Waals surface area contributed by atoms with Gasteiger partial charge in [0, 0.05) is 26.1 Å². The molecule has 2 aromatic carbocycles. The van der Waals surface area contributed by atoms with Crippen molar-refractivity contribution in [3.8, 4) is 0 Å². The molecule has 0 aromatic heterocycles. The van der Waals surface area contributed by atoms with E-state index in [-0.39, 0.29) is 39.3 Å². The summed E-state index contributed by atoms with van der Waals surface area (Å²) in [6.07, 6.45) is 6.22. The van der Waals surface area contributed by atoms with Crippen molar-refractivity contribution in [3.05, 3.63) is 59.7 Å². The van der Waals surface area contributed by atoms with Gasteiger partial charge in [0.1, 0.15) is 0 Å². The van der Waals surface area contributed by atoms with Crippen molar-refractivity contribution in [1.29, 1.82) is 0 Å². The van der Waals surface area contributed by atoms with Crippen LogP contribution >= 0.6 is 0 Å². The lowest BCUT2D eigenvalue weighted by molar-refractivity contribution is -0.139. The van der Waals surface area contributed by atoms with E-state index >= 15 is 0 Å². The van der Waals surface area contributed by atoms with E-state index in [0.29, 0.717) is 37.4 Å². The Hall–Kier alpha value is -4.06. The van der Waals surface area contributed by atoms with Crippen molar-refractivity contribution >= 4 is 35.5 Å². The molecule has 42 heavy (non-hydrogen) atoms. The van der Waals surface area contributed by atoms with Gasteiger partial charge in [0.05, 0.1) is 37.8 Å². The SMILES string of the molecule is O=C(O)CCCCC(=O)O.O=C=Nc1ccc(Cc2ccc(N=C=O)cc2)cc1.OCCCCO.OCCOCCO. The Bertz CT molecular complexity index is 965. The molecule has 0 heterocycles. The number of hydrogen-bond donors (Lipinski definition) is 6. The minimum atomic E-state index is -0.870. The standard InChI is InChI=1S/C15H10N2O2.C6H10O4.C4H10O3.C4H10O2/c18-10-16-14-5-1-12(2-6-14)9-13-3-7-15(8-4-13)17-11-19;7-5(8)3-1-2-4-6(9)10;5-1-3-7-4-2-6;5-3-1-2-4-6/h1-8H,9H2;1-4H2,(H,7,8)(H,9,10);5-6H,1-4H2;5-6H,1-4H2. The van der Waals surface area contributed by atoms with Crippen LogP contribution in [-0.2, 0) is 30.3 Å². The molecule has 0 amide bonds. The van der Waals surface area contributed by atoms with Crippen LogP contribution in [0.3, 0.4) is 0 Å². The third-order valence-corrected chi connectivity index (χ3v) is 4.70. The van der Waals surface area contributed by atoms with Gasteiger partial charge in [0.2, 0.25) is 12.2 Å². The van der Waals surface area contributed by atoms with E-state index in [9.17, 15) is 19.2 Å². The zero-order valence-electron chi connectivity index (χ0n) is 23.4. The van der Waals surface area contributed by atoms with Crippen molar-refractivity contribution in [2.45, 2.75) is 44.9 Å². The van der Waals surface area contributed by atoms with Gasteiger partial charge in [-0.15, -0.1) is 0 Å². The first-order chi connectivity index (χ1) is 20.3. The zero-order valence-corrected chi connectivity index (χ0v) is 23.4. The number of aliphatic hydroxyl groups is 4. The highest BCUT2D eigenvalue weighted by molar-refractivity contribution is 5.67. The molecule has 0 unspecified atom stereocenters. The molecule has 2 aromatic rings. The summed E-state index contributed by atoms with van der Waals surface area (Å²) in [5.74, 6) is -1.74. The number of carbonyl (C=O) groups is 2. The quantitative estimate of drug-likeness (QED) is 0.0944. The van der Waals surface area contributed by atoms with Crippen molar-refractivity contribution in [2.75, 3.05) is 39.6 Å². The summed E-state index contributed by atoms with van der Waals surface area (Å²) >= 11 is 0. The minimum Gasteiger partial charge on any atom is -0.481 e. The number of isocyanates is 2. The average molecular weight is 593 g/mol. The van der Waals surface area contributed by atoms with Gasteiger partial charge in [-0.2, -0.15) is 9.98 Å². The first-order valence-corrected chi connectivity index (χ1v) is 13.1. The topological polar surface area (TPSA) is 224 Å². The number of carbonyl (C=O) groups excluding carboxylic acids is 2. The summed E-state index contributed by atoms with van der Waals surface area (Å²) in [7, 11) is 0. The second-order valence-corrected chi connectivity index (χ2v) is 8.12. The number of ether oxygens (including phenoxy) is 1. The number of nitrogens with zero attached hydrogens (tertiary/aromatic N) is 2. The van der Waals surface area contributed by atoms with E-state index < -0.39 is 11.9 Å². The van der Waals surface area contributed by atoms with Crippen LogP contribution in [0.2, 0.25) is 0 Å². The number of aliphatic carboxylic acids is 2. The first kappa shape index (κ1) is 40.1. The smallest absolute Gasteiger partial charge is 0.303 e. The molecule has 13 nitrogen and oxygen atoms in total. The van der Waals surface area contributed by atoms with Gasteiger partial charge in [-0.05, 0) is 67.5 Å². The molecular weight excluding hydrogens is 552 g/mol. The van der Waals surface area contributed by atoms with Crippen LogP contribution in [0, 0.1) is 0 Å². The summed E-state index contributed by atoms with van der Waals surface area (Å²) in [4.78, 5) is 47.1. The average Bonchev–Trinajstić information content (AvgIpc) is 2.98. The van der Waals surface area contributed by atoms with Gasteiger partial charge in [-0.25, -0.2) is 9.59 Å². The van der Waals surface area contributed by atoms with E-state index in [1.54, 1.807) is 24.3 Å². The number of carboxylic acids is 2. The third-order valence-electron chi connectivity index (χ3n) is 4.70. The van der Waals surface area contributed by atoms with Crippen molar-refractivity contribution < 1.29 is 54.6 Å². The van der Waals surface area contributed by atoms with Crippen LogP contribution in [0.4, 0.5) is 11.4 Å². The molecule has 0 aliphatic carbocycles. The molecule has 6 N–H and O–H groups in total. The predicted octanol–water partition coefficient (Wildman–Crippen LogP) is 2.67. The molecule has 232 valence electrons. The van der Waals surface area contributed by atoms with Crippen LogP contribution in [-0.4, -0.2) is 94.4 Å². The maximum Gasteiger partial charge on any atom is 0.303 e. The second kappa shape index (κ2) is 29.9. The summed E-state index contributed by atoms with van der Waals surface area (Å²) < 4.78 is 4.63. The highest BCUT2D eigenvalue weighted by Gasteiger charge is 1.99. The molecule has 0 fully saturated rings. The molecule has 0 aliphatic rings. The fourth-order valence-electron chi connectivity index (χ4n) is 2.73. The predicted molar refractivity (Wildman–Crippen MR) is 153 cm³/mol. The van der Waals surface area contributed by atoms with Gasteiger partial charge in [-0.3, -0.25) is 9.59 Å². The molecule has 13 heteroatoms. The van der Waals surface area contributed by atoms with Crippen molar-refractivity contribution in [3.63, 3.8) is 0 Å². The van der Waals surface area contributed by atoms with E-state index in [1.807, 2.05) is 24.3 Å². The minimum absolute atomic E-state index is 0.0278. The number of aliphatic hydroxyl groups excluding tert-OH is 4. The van der Waals surface area contributed by atoms with Gasteiger partial charge in [0.15, 0.2) is 0 Å². The van der Waals surface area contributed by atoms with Crippen molar-refractivity contribution in [2.24, 2.45) is 9.98 Å². The molecule has 0 bridgehead atoms. The number of benzene rings is 2. The number of unbranched alkanes of at least 4 members (excludes halogenated alkanes) is 2. The Balaban J connectivity index is 0. The lowest BCUT2D eigenvalue weighted by atomic mass is 10.0. The lowest BCUT2D eigenvalue weighted by Crippen LogP contribution is -2.03. The fraction of sp³-hybridized carbons (Fsp3) is 0.448. The number of aliphatic imine (C=N–C) groups is 2. The Morgan fingerprint density at radius 1 is 0.595 bits per heavy atom. The van der Waals surface area contributed by atoms with E-state index in [4.69, 9.17) is 30.6 Å². The fourth-order valence-corrected chi connectivity index (χ4v) is 2.73. The van der Waals surface area contributed by atoms with Crippen LogP contribution in [0.5, 0.6) is 0 Å². The number of rotatable bonds is 16. The summed E-state index contributed by atoms with van der Waals surface area (Å²) in [5.41, 5.74) is 3.40. The molecule has 0 saturated heterocycles. The van der Waals surface area contributed by atoms with Crippen molar-refractivity contribution in [1.82, 2.24) is 0 Å². The van der Waals surface area contributed by atoms with Crippen LogP contribution in [0.1, 0.15) is 49.7 Å². The maximum atomic E-state index is 10.1. The molecule has 0 radical (unpaired) electrons. The van der Waals surface area contributed by atoms with Crippen LogP contribution in [0.15, 0.2) is 58.5 Å². The van der Waals surface area contributed by atoms with Crippen LogP contribution in [0.25, 0.3) is 0 Å². The molecule has 2 rings (SSSR count). The highest BCUT2D eigenvalue weighted by atomic mass is 16.5. The van der Waals surface area contributed by atoms with Gasteiger partial charge in [-0.1, -0.05) is 24.3 Å². The normalized spacial score (nSPS) is 9.24. The Morgan fingerprint density at radius 2 is 0.952 bits per heavy atom. The first-order valence-electron chi connectivity index (χ1n) is 13.1. The van der Waals surface area contributed by atoms with Crippen LogP contribution < -0.4 is 0 Å². The lowest BCUT2D eigenvalue weighted by Gasteiger charge is -2.02. The van der Waals surface area contributed by atoms with Gasteiger partial charge in [0.25, 0.3) is 0 Å². The van der Waals surface area contributed by atoms with Gasteiger partial charge < -0.3 is 35.4 Å². The monoisotopic (exact) mass is 592 g/mol. The Labute approximate surface area is 244 Å². The van der Waals surface area contributed by atoms with Gasteiger partial charge >= 0.3 is 11.9 Å². The molecular formula is C29H40N2O11. The maximum absolute atomic E-state index is 10.1. The third kappa shape index (κ3) is 27.5. The molecule has 0 aliphatic heterocycles. The summed E-state index contributed by atoms with van der Waals surface area (Å²) in [6, 6.07) is 14.7. The summed E-state index contributed by atoms with van der Waals surface area (Å²) in [6.45, 7) is 1.09. The largest absolute Gasteiger partial charge is 0.481 e. The highest BCUT2D eigenvalue weighted by Crippen LogP contribution is 2.17. The molecule has 0 saturated carbocycles. The number of carboxylic acid groups (broad SMARTS) is 2. The second-order valence-electron chi connectivity index (χ2n) is 8.12.